The minimum absolute atomic E-state index is 0.0696. The quantitative estimate of drug-likeness (QED) is 0.662. The lowest BCUT2D eigenvalue weighted by Crippen LogP contribution is -2.22. The Hall–Kier alpha value is -0.290. The standard InChI is InChI=1S/C11H21F3O2/c1-3-5-10(2,8-15)6-4-7-16-9-11(12,13)14/h15H,3-9H2,1-2H3. The number of rotatable bonds is 8. The minimum Gasteiger partial charge on any atom is -0.396 e. The maximum atomic E-state index is 11.7. The van der Waals surface area contributed by atoms with Gasteiger partial charge in [0.25, 0.3) is 0 Å². The van der Waals surface area contributed by atoms with Crippen LogP contribution in [0.3, 0.4) is 0 Å². The van der Waals surface area contributed by atoms with Gasteiger partial charge < -0.3 is 9.84 Å². The van der Waals surface area contributed by atoms with Crippen molar-refractivity contribution in [2.75, 3.05) is 19.8 Å². The van der Waals surface area contributed by atoms with E-state index < -0.39 is 12.8 Å². The van der Waals surface area contributed by atoms with Crippen LogP contribution in [0.4, 0.5) is 13.2 Å². The lowest BCUT2D eigenvalue weighted by atomic mass is 9.82. The van der Waals surface area contributed by atoms with Crippen molar-refractivity contribution in [3.63, 3.8) is 0 Å². The van der Waals surface area contributed by atoms with Gasteiger partial charge in [-0.3, -0.25) is 0 Å². The topological polar surface area (TPSA) is 29.5 Å². The van der Waals surface area contributed by atoms with Crippen LogP contribution < -0.4 is 0 Å². The van der Waals surface area contributed by atoms with Gasteiger partial charge in [-0.1, -0.05) is 20.3 Å². The van der Waals surface area contributed by atoms with E-state index in [-0.39, 0.29) is 18.6 Å². The number of ether oxygens (including phenoxy) is 1. The zero-order valence-electron chi connectivity index (χ0n) is 9.94. The average molecular weight is 242 g/mol. The van der Waals surface area contributed by atoms with Gasteiger partial charge in [0.05, 0.1) is 0 Å². The van der Waals surface area contributed by atoms with Crippen LogP contribution in [0.2, 0.25) is 0 Å². The Bertz CT molecular complexity index is 183. The molecule has 0 bridgehead atoms. The first kappa shape index (κ1) is 15.7. The van der Waals surface area contributed by atoms with E-state index in [0.29, 0.717) is 12.8 Å². The van der Waals surface area contributed by atoms with Gasteiger partial charge in [-0.2, -0.15) is 13.2 Å². The summed E-state index contributed by atoms with van der Waals surface area (Å²) in [6, 6.07) is 0. The second kappa shape index (κ2) is 7.12. The van der Waals surface area contributed by atoms with Crippen molar-refractivity contribution >= 4 is 0 Å². The second-order valence-corrected chi connectivity index (χ2v) is 4.49. The lowest BCUT2D eigenvalue weighted by Gasteiger charge is -2.26. The summed E-state index contributed by atoms with van der Waals surface area (Å²) in [7, 11) is 0. The number of hydrogen-bond acceptors (Lipinski definition) is 2. The predicted molar refractivity (Wildman–Crippen MR) is 56.2 cm³/mol. The van der Waals surface area contributed by atoms with Crippen molar-refractivity contribution in [3.8, 4) is 0 Å². The van der Waals surface area contributed by atoms with Crippen LogP contribution in [-0.2, 0) is 4.74 Å². The SMILES string of the molecule is CCCC(C)(CO)CCCOCC(F)(F)F. The zero-order chi connectivity index (χ0) is 12.7. The van der Waals surface area contributed by atoms with Gasteiger partial charge in [-0.05, 0) is 24.7 Å². The van der Waals surface area contributed by atoms with Crippen molar-refractivity contribution < 1.29 is 23.0 Å². The lowest BCUT2D eigenvalue weighted by molar-refractivity contribution is -0.174. The molecule has 0 aliphatic heterocycles. The third-order valence-corrected chi connectivity index (χ3v) is 2.57. The molecule has 0 saturated heterocycles. The highest BCUT2D eigenvalue weighted by Gasteiger charge is 2.27. The van der Waals surface area contributed by atoms with E-state index in [0.717, 1.165) is 12.8 Å². The molecule has 0 aromatic carbocycles. The van der Waals surface area contributed by atoms with Crippen LogP contribution in [0.25, 0.3) is 0 Å². The van der Waals surface area contributed by atoms with Crippen LogP contribution >= 0.6 is 0 Å². The molecular weight excluding hydrogens is 221 g/mol. The number of halogens is 3. The molecule has 0 aliphatic rings. The fourth-order valence-corrected chi connectivity index (χ4v) is 1.68. The number of aliphatic hydroxyl groups is 1. The van der Waals surface area contributed by atoms with Crippen LogP contribution in [0, 0.1) is 5.41 Å². The van der Waals surface area contributed by atoms with Gasteiger partial charge >= 0.3 is 6.18 Å². The molecule has 0 saturated carbocycles. The highest BCUT2D eigenvalue weighted by molar-refractivity contribution is 4.72. The molecule has 0 rings (SSSR count). The highest BCUT2D eigenvalue weighted by atomic mass is 19.4. The number of aliphatic hydroxyl groups excluding tert-OH is 1. The van der Waals surface area contributed by atoms with Crippen molar-refractivity contribution in [1.82, 2.24) is 0 Å². The zero-order valence-corrected chi connectivity index (χ0v) is 9.94. The Balaban J connectivity index is 3.64. The molecule has 0 aromatic rings. The van der Waals surface area contributed by atoms with Crippen LogP contribution in [0.1, 0.15) is 39.5 Å². The molecule has 0 aliphatic carbocycles. The van der Waals surface area contributed by atoms with Gasteiger partial charge in [-0.25, -0.2) is 0 Å². The Morgan fingerprint density at radius 1 is 1.19 bits per heavy atom. The largest absolute Gasteiger partial charge is 0.411 e. The summed E-state index contributed by atoms with van der Waals surface area (Å²) in [5.74, 6) is 0. The molecule has 0 spiro atoms. The monoisotopic (exact) mass is 242 g/mol. The van der Waals surface area contributed by atoms with E-state index in [2.05, 4.69) is 4.74 Å². The summed E-state index contributed by atoms with van der Waals surface area (Å²) in [4.78, 5) is 0. The third kappa shape index (κ3) is 7.93. The average Bonchev–Trinajstić information content (AvgIpc) is 2.16. The molecule has 0 aromatic heterocycles. The van der Waals surface area contributed by atoms with E-state index in [4.69, 9.17) is 0 Å². The van der Waals surface area contributed by atoms with Gasteiger partial charge in [0.15, 0.2) is 0 Å². The van der Waals surface area contributed by atoms with Crippen molar-refractivity contribution in [2.45, 2.75) is 45.7 Å². The first-order valence-electron chi connectivity index (χ1n) is 5.58. The molecule has 0 amide bonds. The molecule has 2 nitrogen and oxygen atoms in total. The minimum atomic E-state index is -4.25. The molecule has 0 fully saturated rings. The summed E-state index contributed by atoms with van der Waals surface area (Å²) in [5.41, 5.74) is -0.184. The molecule has 1 N–H and O–H groups in total. The maximum Gasteiger partial charge on any atom is 0.411 e. The second-order valence-electron chi connectivity index (χ2n) is 4.49. The van der Waals surface area contributed by atoms with E-state index in [1.165, 1.54) is 0 Å². The molecule has 16 heavy (non-hydrogen) atoms. The third-order valence-electron chi connectivity index (χ3n) is 2.57. The Morgan fingerprint density at radius 2 is 1.81 bits per heavy atom. The molecule has 1 atom stereocenters. The Kier molecular flexibility index (Phi) is 6.99. The molecule has 1 unspecified atom stereocenters. The molecule has 0 radical (unpaired) electrons. The summed E-state index contributed by atoms with van der Waals surface area (Å²) >= 11 is 0. The van der Waals surface area contributed by atoms with Gasteiger partial charge in [-0.15, -0.1) is 0 Å². The normalized spacial score (nSPS) is 16.1. The van der Waals surface area contributed by atoms with Crippen molar-refractivity contribution in [1.29, 1.82) is 0 Å². The van der Waals surface area contributed by atoms with E-state index in [1.54, 1.807) is 0 Å². The van der Waals surface area contributed by atoms with E-state index in [1.807, 2.05) is 13.8 Å². The smallest absolute Gasteiger partial charge is 0.396 e. The van der Waals surface area contributed by atoms with Crippen molar-refractivity contribution in [3.05, 3.63) is 0 Å². The number of alkyl halides is 3. The Morgan fingerprint density at radius 3 is 2.25 bits per heavy atom. The molecule has 0 heterocycles. The van der Waals surface area contributed by atoms with E-state index >= 15 is 0 Å². The van der Waals surface area contributed by atoms with Gasteiger partial charge in [0, 0.05) is 13.2 Å². The predicted octanol–water partition coefficient (Wildman–Crippen LogP) is 3.14. The summed E-state index contributed by atoms with van der Waals surface area (Å²) in [5, 5.41) is 9.18. The first-order chi connectivity index (χ1) is 7.33. The number of hydrogen-bond donors (Lipinski definition) is 1. The first-order valence-corrected chi connectivity index (χ1v) is 5.58. The fourth-order valence-electron chi connectivity index (χ4n) is 1.68. The molecule has 5 heteroatoms. The molecular formula is C11H21F3O2. The van der Waals surface area contributed by atoms with E-state index in [9.17, 15) is 18.3 Å². The highest BCUT2D eigenvalue weighted by Crippen LogP contribution is 2.28. The van der Waals surface area contributed by atoms with Crippen LogP contribution in [0.15, 0.2) is 0 Å². The molecule has 98 valence electrons. The van der Waals surface area contributed by atoms with Crippen molar-refractivity contribution in [2.24, 2.45) is 5.41 Å². The van der Waals surface area contributed by atoms with Crippen LogP contribution in [-0.4, -0.2) is 31.1 Å². The summed E-state index contributed by atoms with van der Waals surface area (Å²) in [6.45, 7) is 2.95. The van der Waals surface area contributed by atoms with Gasteiger partial charge in [0.1, 0.15) is 6.61 Å². The summed E-state index contributed by atoms with van der Waals surface area (Å²) in [6.07, 6.45) is -1.17. The maximum absolute atomic E-state index is 11.7. The van der Waals surface area contributed by atoms with Gasteiger partial charge in [0.2, 0.25) is 0 Å². The fraction of sp³-hybridized carbons (Fsp3) is 1.00. The summed E-state index contributed by atoms with van der Waals surface area (Å²) < 4.78 is 39.7. The van der Waals surface area contributed by atoms with Crippen LogP contribution in [0.5, 0.6) is 0 Å². The Labute approximate surface area is 94.8 Å².